The molecule has 0 saturated carbocycles. The summed E-state index contributed by atoms with van der Waals surface area (Å²) in [6.45, 7) is 2.78. The highest BCUT2D eigenvalue weighted by molar-refractivity contribution is 5.84. The van der Waals surface area contributed by atoms with E-state index in [0.717, 1.165) is 13.0 Å². The number of allylic oxidation sites excluding steroid dienone is 1. The Kier molecular flexibility index (Phi) is 4.46. The second kappa shape index (κ2) is 5.65. The van der Waals surface area contributed by atoms with E-state index in [1.54, 1.807) is 0 Å². The Morgan fingerprint density at radius 1 is 1.79 bits per heavy atom. The molecule has 0 saturated heterocycles. The maximum Gasteiger partial charge on any atom is 0.156 e. The number of amidine groups is 1. The van der Waals surface area contributed by atoms with E-state index in [1.807, 2.05) is 6.92 Å². The van der Waals surface area contributed by atoms with Crippen LogP contribution >= 0.6 is 0 Å². The molecule has 4 N–H and O–H groups in total. The van der Waals surface area contributed by atoms with E-state index in [-0.39, 0.29) is 11.9 Å². The molecule has 0 spiro atoms. The average Bonchev–Trinajstić information content (AvgIpc) is 2.69. The molecular formula is C10H19N3O. The summed E-state index contributed by atoms with van der Waals surface area (Å²) in [4.78, 5) is 0. The molecule has 4 nitrogen and oxygen atoms in total. The predicted molar refractivity (Wildman–Crippen MR) is 57.4 cm³/mol. The Labute approximate surface area is 84.9 Å². The van der Waals surface area contributed by atoms with Gasteiger partial charge in [-0.15, -0.1) is 0 Å². The smallest absolute Gasteiger partial charge is 0.156 e. The summed E-state index contributed by atoms with van der Waals surface area (Å²) >= 11 is 0. The van der Waals surface area contributed by atoms with Gasteiger partial charge in [-0.1, -0.05) is 16.8 Å². The first-order valence-electron chi connectivity index (χ1n) is 5.12. The molecule has 0 fully saturated rings. The summed E-state index contributed by atoms with van der Waals surface area (Å²) < 4.78 is 0. The van der Waals surface area contributed by atoms with Gasteiger partial charge in [0.1, 0.15) is 0 Å². The quantitative estimate of drug-likeness (QED) is 0.204. The topological polar surface area (TPSA) is 70.6 Å². The van der Waals surface area contributed by atoms with Crippen LogP contribution in [-0.2, 0) is 0 Å². The molecule has 0 bridgehead atoms. The SMILES string of the molecule is CC(NCCC1=CCCC1)C(N)=NO. The highest BCUT2D eigenvalue weighted by atomic mass is 16.4. The first kappa shape index (κ1) is 11.0. The number of nitrogens with one attached hydrogen (secondary N) is 1. The molecule has 14 heavy (non-hydrogen) atoms. The van der Waals surface area contributed by atoms with Crippen LogP contribution in [0.15, 0.2) is 16.8 Å². The lowest BCUT2D eigenvalue weighted by Crippen LogP contribution is -2.39. The lowest BCUT2D eigenvalue weighted by Gasteiger charge is -2.11. The van der Waals surface area contributed by atoms with Gasteiger partial charge in [-0.25, -0.2) is 0 Å². The molecule has 1 aliphatic rings. The van der Waals surface area contributed by atoms with Gasteiger partial charge in [-0.2, -0.15) is 0 Å². The first-order valence-corrected chi connectivity index (χ1v) is 5.12. The third-order valence-electron chi connectivity index (χ3n) is 2.59. The van der Waals surface area contributed by atoms with E-state index in [1.165, 1.54) is 24.8 Å². The van der Waals surface area contributed by atoms with Gasteiger partial charge in [0.25, 0.3) is 0 Å². The Bertz CT molecular complexity index is 236. The number of hydrogen-bond donors (Lipinski definition) is 3. The lowest BCUT2D eigenvalue weighted by molar-refractivity contribution is 0.315. The van der Waals surface area contributed by atoms with Gasteiger partial charge in [0, 0.05) is 0 Å². The van der Waals surface area contributed by atoms with Crippen molar-refractivity contribution in [3.63, 3.8) is 0 Å². The molecule has 1 unspecified atom stereocenters. The Hall–Kier alpha value is -1.03. The monoisotopic (exact) mass is 197 g/mol. The molecule has 0 amide bonds. The van der Waals surface area contributed by atoms with E-state index < -0.39 is 0 Å². The van der Waals surface area contributed by atoms with Crippen molar-refractivity contribution in [1.82, 2.24) is 5.32 Å². The molecule has 1 atom stereocenters. The number of rotatable bonds is 5. The highest BCUT2D eigenvalue weighted by Gasteiger charge is 2.07. The second-order valence-corrected chi connectivity index (χ2v) is 3.71. The molecule has 0 radical (unpaired) electrons. The van der Waals surface area contributed by atoms with E-state index in [9.17, 15) is 0 Å². The van der Waals surface area contributed by atoms with Gasteiger partial charge in [0.2, 0.25) is 0 Å². The minimum Gasteiger partial charge on any atom is -0.409 e. The average molecular weight is 197 g/mol. The summed E-state index contributed by atoms with van der Waals surface area (Å²) in [5.41, 5.74) is 6.97. The molecule has 4 heteroatoms. The second-order valence-electron chi connectivity index (χ2n) is 3.71. The molecule has 80 valence electrons. The fourth-order valence-electron chi connectivity index (χ4n) is 1.60. The lowest BCUT2D eigenvalue weighted by atomic mass is 10.1. The zero-order valence-corrected chi connectivity index (χ0v) is 8.66. The first-order chi connectivity index (χ1) is 6.74. The van der Waals surface area contributed by atoms with Crippen molar-refractivity contribution in [2.45, 2.75) is 38.6 Å². The van der Waals surface area contributed by atoms with Crippen LogP contribution in [-0.4, -0.2) is 23.6 Å². The molecule has 0 aromatic rings. The van der Waals surface area contributed by atoms with Gasteiger partial charge >= 0.3 is 0 Å². The molecule has 0 heterocycles. The van der Waals surface area contributed by atoms with Crippen LogP contribution < -0.4 is 11.1 Å². The Morgan fingerprint density at radius 2 is 2.57 bits per heavy atom. The van der Waals surface area contributed by atoms with Gasteiger partial charge in [0.15, 0.2) is 5.84 Å². The van der Waals surface area contributed by atoms with Crippen LogP contribution in [0, 0.1) is 0 Å². The molecule has 0 aromatic carbocycles. The summed E-state index contributed by atoms with van der Waals surface area (Å²) in [5, 5.41) is 14.6. The van der Waals surface area contributed by atoms with E-state index >= 15 is 0 Å². The predicted octanol–water partition coefficient (Wildman–Crippen LogP) is 1.21. The summed E-state index contributed by atoms with van der Waals surface area (Å²) in [6, 6.07) is -0.0537. The number of nitrogens with zero attached hydrogens (tertiary/aromatic N) is 1. The number of nitrogens with two attached hydrogens (primary N) is 1. The molecule has 0 aliphatic heterocycles. The third kappa shape index (κ3) is 3.38. The van der Waals surface area contributed by atoms with Gasteiger partial charge in [-0.05, 0) is 39.2 Å². The molecule has 1 aliphatic carbocycles. The van der Waals surface area contributed by atoms with Crippen molar-refractivity contribution in [2.75, 3.05) is 6.54 Å². The molecular weight excluding hydrogens is 178 g/mol. The van der Waals surface area contributed by atoms with Crippen LogP contribution in [0.25, 0.3) is 0 Å². The van der Waals surface area contributed by atoms with Crippen molar-refractivity contribution in [1.29, 1.82) is 0 Å². The highest BCUT2D eigenvalue weighted by Crippen LogP contribution is 2.19. The van der Waals surface area contributed by atoms with Crippen molar-refractivity contribution in [3.05, 3.63) is 11.6 Å². The Morgan fingerprint density at radius 3 is 3.14 bits per heavy atom. The van der Waals surface area contributed by atoms with Crippen LogP contribution in [0.5, 0.6) is 0 Å². The summed E-state index contributed by atoms with van der Waals surface area (Å²) in [5.74, 6) is 0.241. The summed E-state index contributed by atoms with van der Waals surface area (Å²) in [6.07, 6.45) is 7.15. The standard InChI is InChI=1S/C10H19N3O/c1-8(10(11)13-14)12-7-6-9-4-2-3-5-9/h4,8,12,14H,2-3,5-7H2,1H3,(H2,11,13). The molecule has 0 aromatic heterocycles. The third-order valence-corrected chi connectivity index (χ3v) is 2.59. The zero-order valence-electron chi connectivity index (χ0n) is 8.66. The van der Waals surface area contributed by atoms with Gasteiger partial charge < -0.3 is 16.3 Å². The minimum atomic E-state index is -0.0537. The van der Waals surface area contributed by atoms with Crippen molar-refractivity contribution < 1.29 is 5.21 Å². The van der Waals surface area contributed by atoms with Crippen molar-refractivity contribution in [3.8, 4) is 0 Å². The normalized spacial score (nSPS) is 19.5. The van der Waals surface area contributed by atoms with Gasteiger partial charge in [0.05, 0.1) is 6.04 Å². The maximum absolute atomic E-state index is 8.43. The van der Waals surface area contributed by atoms with E-state index in [2.05, 4.69) is 16.5 Å². The van der Waals surface area contributed by atoms with Crippen LogP contribution in [0.2, 0.25) is 0 Å². The fraction of sp³-hybridized carbons (Fsp3) is 0.700. The number of hydrogen-bond acceptors (Lipinski definition) is 3. The van der Waals surface area contributed by atoms with Crippen LogP contribution in [0.4, 0.5) is 0 Å². The van der Waals surface area contributed by atoms with E-state index in [4.69, 9.17) is 10.9 Å². The van der Waals surface area contributed by atoms with E-state index in [0.29, 0.717) is 0 Å². The van der Waals surface area contributed by atoms with Gasteiger partial charge in [-0.3, -0.25) is 0 Å². The number of oxime groups is 1. The maximum atomic E-state index is 8.43. The van der Waals surface area contributed by atoms with Crippen LogP contribution in [0.1, 0.15) is 32.6 Å². The fourth-order valence-corrected chi connectivity index (χ4v) is 1.60. The van der Waals surface area contributed by atoms with Crippen LogP contribution in [0.3, 0.4) is 0 Å². The minimum absolute atomic E-state index is 0.0537. The van der Waals surface area contributed by atoms with Crippen molar-refractivity contribution in [2.24, 2.45) is 10.9 Å². The van der Waals surface area contributed by atoms with Crippen molar-refractivity contribution >= 4 is 5.84 Å². The summed E-state index contributed by atoms with van der Waals surface area (Å²) in [7, 11) is 0. The Balaban J connectivity index is 2.14. The molecule has 1 rings (SSSR count). The zero-order chi connectivity index (χ0) is 10.4. The largest absolute Gasteiger partial charge is 0.409 e.